The molecule has 0 aromatic heterocycles. The highest BCUT2D eigenvalue weighted by molar-refractivity contribution is 9.10. The first-order chi connectivity index (χ1) is 8.31. The van der Waals surface area contributed by atoms with E-state index in [9.17, 15) is 4.79 Å². The lowest BCUT2D eigenvalue weighted by atomic mass is 10.1. The number of hydrogen-bond donors (Lipinski definition) is 1. The number of ether oxygens (including phenoxy) is 1. The smallest absolute Gasteiger partial charge is 0.258 e. The van der Waals surface area contributed by atoms with E-state index >= 15 is 0 Å². The second-order valence-electron chi connectivity index (χ2n) is 5.19. The molecule has 18 heavy (non-hydrogen) atoms. The Morgan fingerprint density at radius 1 is 1.39 bits per heavy atom. The lowest BCUT2D eigenvalue weighted by molar-refractivity contribution is -0.124. The normalized spacial score (nSPS) is 11.2. The molecule has 0 fully saturated rings. The number of nitrogens with one attached hydrogen (secondary N) is 1. The third-order valence-corrected chi connectivity index (χ3v) is 2.77. The lowest BCUT2D eigenvalue weighted by Gasteiger charge is -2.20. The molecule has 1 aromatic carbocycles. The van der Waals surface area contributed by atoms with Gasteiger partial charge >= 0.3 is 0 Å². The average molecular weight is 314 g/mol. The molecule has 1 amide bonds. The number of carbonyl (C=O) groups excluding carboxylic acids is 1. The fourth-order valence-electron chi connectivity index (χ4n) is 1.56. The highest BCUT2D eigenvalue weighted by Gasteiger charge is 2.14. The number of halogens is 1. The zero-order valence-corrected chi connectivity index (χ0v) is 12.9. The molecule has 1 rings (SSSR count). The Kier molecular flexibility index (Phi) is 5.20. The molecule has 0 radical (unpaired) electrons. The molecule has 0 saturated heterocycles. The van der Waals surface area contributed by atoms with E-state index in [-0.39, 0.29) is 18.1 Å². The monoisotopic (exact) mass is 313 g/mol. The Hall–Kier alpha value is -1.03. The van der Waals surface area contributed by atoms with Gasteiger partial charge in [-0.15, -0.1) is 0 Å². The standard InChI is InChI=1S/C14H20BrNO2/c1-5-10-8-11(15)6-7-12(10)18-9-13(17)16-14(2,3)4/h6-8H,5,9H2,1-4H3,(H,16,17). The summed E-state index contributed by atoms with van der Waals surface area (Å²) in [7, 11) is 0. The quantitative estimate of drug-likeness (QED) is 0.926. The molecule has 0 bridgehead atoms. The van der Waals surface area contributed by atoms with E-state index in [0.29, 0.717) is 0 Å². The van der Waals surface area contributed by atoms with Crippen molar-refractivity contribution in [3.8, 4) is 5.75 Å². The molecule has 1 N–H and O–H groups in total. The van der Waals surface area contributed by atoms with Gasteiger partial charge in [-0.2, -0.15) is 0 Å². The van der Waals surface area contributed by atoms with Gasteiger partial charge in [-0.3, -0.25) is 4.79 Å². The minimum absolute atomic E-state index is 0.0475. The summed E-state index contributed by atoms with van der Waals surface area (Å²) < 4.78 is 6.58. The Morgan fingerprint density at radius 3 is 2.61 bits per heavy atom. The molecular formula is C14H20BrNO2. The highest BCUT2D eigenvalue weighted by atomic mass is 79.9. The number of carbonyl (C=O) groups is 1. The van der Waals surface area contributed by atoms with Crippen LogP contribution in [0.25, 0.3) is 0 Å². The zero-order chi connectivity index (χ0) is 13.8. The first kappa shape index (κ1) is 15.0. The molecule has 100 valence electrons. The second-order valence-corrected chi connectivity index (χ2v) is 6.11. The topological polar surface area (TPSA) is 38.3 Å². The van der Waals surface area contributed by atoms with Gasteiger partial charge in [0.15, 0.2) is 6.61 Å². The maximum atomic E-state index is 11.7. The molecule has 0 heterocycles. The van der Waals surface area contributed by atoms with Crippen molar-refractivity contribution in [3.05, 3.63) is 28.2 Å². The van der Waals surface area contributed by atoms with E-state index < -0.39 is 0 Å². The molecule has 0 atom stereocenters. The Labute approximate surface area is 117 Å². The van der Waals surface area contributed by atoms with Crippen LogP contribution in [-0.2, 0) is 11.2 Å². The molecule has 0 aliphatic heterocycles. The van der Waals surface area contributed by atoms with Crippen LogP contribution in [0.1, 0.15) is 33.3 Å². The van der Waals surface area contributed by atoms with Gasteiger partial charge in [0, 0.05) is 10.0 Å². The second kappa shape index (κ2) is 6.23. The highest BCUT2D eigenvalue weighted by Crippen LogP contribution is 2.23. The Morgan fingerprint density at radius 2 is 2.06 bits per heavy atom. The summed E-state index contributed by atoms with van der Waals surface area (Å²) in [5.74, 6) is 0.664. The van der Waals surface area contributed by atoms with Crippen LogP contribution in [-0.4, -0.2) is 18.1 Å². The van der Waals surface area contributed by atoms with E-state index in [4.69, 9.17) is 4.74 Å². The van der Waals surface area contributed by atoms with E-state index in [0.717, 1.165) is 22.2 Å². The first-order valence-electron chi connectivity index (χ1n) is 6.04. The number of aryl methyl sites for hydroxylation is 1. The average Bonchev–Trinajstić information content (AvgIpc) is 2.24. The fraction of sp³-hybridized carbons (Fsp3) is 0.500. The van der Waals surface area contributed by atoms with E-state index in [2.05, 4.69) is 28.2 Å². The van der Waals surface area contributed by atoms with Crippen molar-refractivity contribution in [1.29, 1.82) is 0 Å². The number of benzene rings is 1. The van der Waals surface area contributed by atoms with E-state index in [1.54, 1.807) is 0 Å². The van der Waals surface area contributed by atoms with Crippen molar-refractivity contribution >= 4 is 21.8 Å². The molecule has 4 heteroatoms. The van der Waals surface area contributed by atoms with Crippen molar-refractivity contribution in [1.82, 2.24) is 5.32 Å². The summed E-state index contributed by atoms with van der Waals surface area (Å²) in [5, 5.41) is 2.87. The van der Waals surface area contributed by atoms with Crippen molar-refractivity contribution in [2.45, 2.75) is 39.7 Å². The van der Waals surface area contributed by atoms with Gasteiger partial charge in [-0.05, 0) is 51.0 Å². The van der Waals surface area contributed by atoms with Crippen LogP contribution < -0.4 is 10.1 Å². The maximum Gasteiger partial charge on any atom is 0.258 e. The van der Waals surface area contributed by atoms with Crippen LogP contribution >= 0.6 is 15.9 Å². The van der Waals surface area contributed by atoms with Gasteiger partial charge in [0.25, 0.3) is 5.91 Å². The van der Waals surface area contributed by atoms with Gasteiger partial charge < -0.3 is 10.1 Å². The van der Waals surface area contributed by atoms with Gasteiger partial charge in [0.2, 0.25) is 0 Å². The molecule has 0 aliphatic rings. The molecule has 0 saturated carbocycles. The zero-order valence-electron chi connectivity index (χ0n) is 11.3. The van der Waals surface area contributed by atoms with Gasteiger partial charge in [0.1, 0.15) is 5.75 Å². The van der Waals surface area contributed by atoms with Crippen molar-refractivity contribution in [2.75, 3.05) is 6.61 Å². The van der Waals surface area contributed by atoms with Crippen LogP contribution in [0.3, 0.4) is 0 Å². The van der Waals surface area contributed by atoms with E-state index in [1.165, 1.54) is 0 Å². The van der Waals surface area contributed by atoms with E-state index in [1.807, 2.05) is 39.0 Å². The van der Waals surface area contributed by atoms with Crippen LogP contribution in [0, 0.1) is 0 Å². The lowest BCUT2D eigenvalue weighted by Crippen LogP contribution is -2.43. The molecule has 3 nitrogen and oxygen atoms in total. The molecule has 0 spiro atoms. The first-order valence-corrected chi connectivity index (χ1v) is 6.83. The Bertz CT molecular complexity index is 424. The number of rotatable bonds is 4. The molecule has 0 unspecified atom stereocenters. The summed E-state index contributed by atoms with van der Waals surface area (Å²) in [4.78, 5) is 11.7. The van der Waals surface area contributed by atoms with Crippen molar-refractivity contribution in [2.24, 2.45) is 0 Å². The van der Waals surface area contributed by atoms with Crippen LogP contribution in [0.15, 0.2) is 22.7 Å². The predicted molar refractivity (Wildman–Crippen MR) is 76.9 cm³/mol. The Balaban J connectivity index is 2.61. The number of hydrogen-bond acceptors (Lipinski definition) is 2. The van der Waals surface area contributed by atoms with Crippen molar-refractivity contribution in [3.63, 3.8) is 0 Å². The SMILES string of the molecule is CCc1cc(Br)ccc1OCC(=O)NC(C)(C)C. The van der Waals surface area contributed by atoms with Crippen LogP contribution in [0.5, 0.6) is 5.75 Å². The van der Waals surface area contributed by atoms with Gasteiger partial charge in [-0.25, -0.2) is 0 Å². The summed E-state index contributed by atoms with van der Waals surface area (Å²) in [6, 6.07) is 5.81. The van der Waals surface area contributed by atoms with Crippen LogP contribution in [0.2, 0.25) is 0 Å². The third kappa shape index (κ3) is 5.08. The maximum absolute atomic E-state index is 11.7. The largest absolute Gasteiger partial charge is 0.483 e. The minimum atomic E-state index is -0.228. The van der Waals surface area contributed by atoms with Crippen LogP contribution in [0.4, 0.5) is 0 Å². The van der Waals surface area contributed by atoms with Crippen molar-refractivity contribution < 1.29 is 9.53 Å². The minimum Gasteiger partial charge on any atom is -0.483 e. The number of amides is 1. The predicted octanol–water partition coefficient (Wildman–Crippen LogP) is 3.31. The summed E-state index contributed by atoms with van der Waals surface area (Å²) in [6.07, 6.45) is 0.871. The summed E-state index contributed by atoms with van der Waals surface area (Å²) >= 11 is 3.42. The molecular weight excluding hydrogens is 294 g/mol. The molecule has 1 aromatic rings. The van der Waals surface area contributed by atoms with Gasteiger partial charge in [0.05, 0.1) is 0 Å². The summed E-state index contributed by atoms with van der Waals surface area (Å²) in [5.41, 5.74) is 0.862. The summed E-state index contributed by atoms with van der Waals surface area (Å²) in [6.45, 7) is 7.95. The fourth-order valence-corrected chi connectivity index (χ4v) is 1.97. The third-order valence-electron chi connectivity index (χ3n) is 2.28. The molecule has 0 aliphatic carbocycles. The van der Waals surface area contributed by atoms with Gasteiger partial charge in [-0.1, -0.05) is 22.9 Å².